The summed E-state index contributed by atoms with van der Waals surface area (Å²) in [4.78, 5) is 37.7. The van der Waals surface area contributed by atoms with Crippen molar-refractivity contribution in [3.63, 3.8) is 0 Å². The molecule has 2 aliphatic heterocycles. The maximum absolute atomic E-state index is 13.2. The Kier molecular flexibility index (Phi) is 7.81. The van der Waals surface area contributed by atoms with E-state index in [2.05, 4.69) is 54.3 Å². The highest BCUT2D eigenvalue weighted by atomic mass is 16.5. The van der Waals surface area contributed by atoms with Crippen molar-refractivity contribution >= 4 is 23.1 Å². The number of nitrogens with one attached hydrogen (secondary N) is 1. The van der Waals surface area contributed by atoms with Gasteiger partial charge in [-0.3, -0.25) is 19.1 Å². The predicted molar refractivity (Wildman–Crippen MR) is 155 cm³/mol. The summed E-state index contributed by atoms with van der Waals surface area (Å²) in [5.74, 6) is 2.40. The fourth-order valence-electron chi connectivity index (χ4n) is 5.44. The minimum Gasteiger partial charge on any atom is -0.481 e. The third kappa shape index (κ3) is 5.87. The molecule has 12 heteroatoms. The third-order valence-electron chi connectivity index (χ3n) is 7.68. The van der Waals surface area contributed by atoms with E-state index < -0.39 is 0 Å². The number of amides is 1. The first-order valence-electron chi connectivity index (χ1n) is 14.0. The molecule has 4 aromatic rings. The summed E-state index contributed by atoms with van der Waals surface area (Å²) in [5.41, 5.74) is 3.76. The summed E-state index contributed by atoms with van der Waals surface area (Å²) in [6.07, 6.45) is 7.80. The number of carbonyl (C=O) groups is 1. The second-order valence-electron chi connectivity index (χ2n) is 10.2. The smallest absolute Gasteiger partial charge is 0.242 e. The van der Waals surface area contributed by atoms with E-state index in [1.54, 1.807) is 32.7 Å². The number of carbonyl (C=O) groups excluding carboxylic acids is 1. The average molecular weight is 558 g/mol. The summed E-state index contributed by atoms with van der Waals surface area (Å²) in [7, 11) is 3.14. The Balaban J connectivity index is 1.10. The number of hydrogen-bond donors (Lipinski definition) is 1. The number of nitrogens with zero attached hydrogens (tertiary/aromatic N) is 8. The lowest BCUT2D eigenvalue weighted by molar-refractivity contribution is -0.131. The van der Waals surface area contributed by atoms with E-state index in [1.807, 2.05) is 15.5 Å². The number of rotatable bonds is 9. The Morgan fingerprint density at radius 2 is 1.63 bits per heavy atom. The van der Waals surface area contributed by atoms with Gasteiger partial charge in [0.25, 0.3) is 0 Å². The first kappa shape index (κ1) is 26.8. The lowest BCUT2D eigenvalue weighted by atomic mass is 10.1. The quantitative estimate of drug-likeness (QED) is 0.329. The van der Waals surface area contributed by atoms with Crippen molar-refractivity contribution in [3.05, 3.63) is 54.7 Å². The van der Waals surface area contributed by atoms with Gasteiger partial charge in [0.15, 0.2) is 5.65 Å². The van der Waals surface area contributed by atoms with E-state index in [0.717, 1.165) is 48.9 Å². The van der Waals surface area contributed by atoms with E-state index >= 15 is 0 Å². The number of hydrogen-bond acceptors (Lipinski definition) is 10. The molecule has 0 atom stereocenters. The van der Waals surface area contributed by atoms with E-state index in [4.69, 9.17) is 14.5 Å². The van der Waals surface area contributed by atoms with Gasteiger partial charge >= 0.3 is 0 Å². The van der Waals surface area contributed by atoms with E-state index in [9.17, 15) is 4.79 Å². The lowest BCUT2D eigenvalue weighted by Crippen LogP contribution is -2.49. The number of imidazole rings is 1. The number of benzene rings is 1. The third-order valence-corrected chi connectivity index (χ3v) is 7.68. The molecule has 0 aliphatic carbocycles. The number of piperazine rings is 1. The van der Waals surface area contributed by atoms with E-state index in [-0.39, 0.29) is 12.5 Å². The zero-order valence-corrected chi connectivity index (χ0v) is 23.5. The molecule has 12 nitrogen and oxygen atoms in total. The predicted octanol–water partition coefficient (Wildman–Crippen LogP) is 2.56. The van der Waals surface area contributed by atoms with Crippen molar-refractivity contribution in [1.29, 1.82) is 0 Å². The molecule has 6 rings (SSSR count). The molecule has 5 heterocycles. The van der Waals surface area contributed by atoms with Crippen LogP contribution >= 0.6 is 0 Å². The minimum atomic E-state index is 0.0447. The SMILES string of the molecule is COc1cc(OC)nc(CN2CCN(C(=O)CNc3c(-c4ccc(N5CCCC5)cc4)nc4cnccn34)CC2)n1. The molecule has 0 saturated carbocycles. The zero-order valence-electron chi connectivity index (χ0n) is 23.5. The van der Waals surface area contributed by atoms with E-state index in [1.165, 1.54) is 18.5 Å². The summed E-state index contributed by atoms with van der Waals surface area (Å²) < 4.78 is 12.5. The molecular weight excluding hydrogens is 522 g/mol. The van der Waals surface area contributed by atoms with Crippen LogP contribution < -0.4 is 19.7 Å². The van der Waals surface area contributed by atoms with Crippen molar-refractivity contribution in [2.45, 2.75) is 19.4 Å². The van der Waals surface area contributed by atoms with Crippen LogP contribution in [0.15, 0.2) is 48.9 Å². The molecule has 1 N–H and O–H groups in total. The van der Waals surface area contributed by atoms with Crippen molar-refractivity contribution in [1.82, 2.24) is 34.1 Å². The largest absolute Gasteiger partial charge is 0.481 e. The standard InChI is InChI=1S/C29H35N9O3/c1-40-25-17-26(41-2)33-23(32-25)20-35-13-15-37(16-14-35)27(39)19-31-29-28(34-24-18-30-9-12-38(24)29)21-5-7-22(8-6-21)36-10-3-4-11-36/h5-9,12,17-18,31H,3-4,10-11,13-16,19-20H2,1-2H3. The van der Waals surface area contributed by atoms with E-state index in [0.29, 0.717) is 37.2 Å². The topological polar surface area (TPSA) is 113 Å². The van der Waals surface area contributed by atoms with Gasteiger partial charge in [-0.2, -0.15) is 9.97 Å². The molecule has 2 aliphatic rings. The van der Waals surface area contributed by atoms with Crippen LogP contribution in [0.25, 0.3) is 16.9 Å². The number of methoxy groups -OCH3 is 2. The Hall–Kier alpha value is -4.45. The zero-order chi connectivity index (χ0) is 28.2. The van der Waals surface area contributed by atoms with Crippen LogP contribution in [0.1, 0.15) is 18.7 Å². The van der Waals surface area contributed by atoms with Crippen molar-refractivity contribution < 1.29 is 14.3 Å². The molecule has 0 bridgehead atoms. The molecule has 3 aromatic heterocycles. The highest BCUT2D eigenvalue weighted by Crippen LogP contribution is 2.31. The van der Waals surface area contributed by atoms with Crippen LogP contribution in [0.4, 0.5) is 11.5 Å². The minimum absolute atomic E-state index is 0.0447. The summed E-state index contributed by atoms with van der Waals surface area (Å²) in [6.45, 7) is 5.65. The van der Waals surface area contributed by atoms with Crippen LogP contribution in [-0.4, -0.2) is 100 Å². The highest BCUT2D eigenvalue weighted by molar-refractivity contribution is 5.84. The second-order valence-corrected chi connectivity index (χ2v) is 10.2. The van der Waals surface area contributed by atoms with Crippen LogP contribution in [0.3, 0.4) is 0 Å². The van der Waals surface area contributed by atoms with Crippen LogP contribution in [0, 0.1) is 0 Å². The Labute approximate surface area is 238 Å². The van der Waals surface area contributed by atoms with Gasteiger partial charge in [0, 0.05) is 62.9 Å². The maximum atomic E-state index is 13.2. The normalized spacial score (nSPS) is 15.9. The molecular formula is C29H35N9O3. The summed E-state index contributed by atoms with van der Waals surface area (Å²) in [6, 6.07) is 10.2. The molecule has 0 radical (unpaired) electrons. The number of fused-ring (bicyclic) bond motifs is 1. The number of anilines is 2. The Morgan fingerprint density at radius 1 is 0.927 bits per heavy atom. The Morgan fingerprint density at radius 3 is 2.32 bits per heavy atom. The maximum Gasteiger partial charge on any atom is 0.242 e. The molecule has 1 amide bonds. The van der Waals surface area contributed by atoms with Gasteiger partial charge in [-0.1, -0.05) is 12.1 Å². The van der Waals surface area contributed by atoms with Crippen LogP contribution in [0.5, 0.6) is 11.8 Å². The van der Waals surface area contributed by atoms with Crippen LogP contribution in [0.2, 0.25) is 0 Å². The van der Waals surface area contributed by atoms with Crippen LogP contribution in [-0.2, 0) is 11.3 Å². The molecule has 41 heavy (non-hydrogen) atoms. The lowest BCUT2D eigenvalue weighted by Gasteiger charge is -2.34. The Bertz CT molecular complexity index is 1470. The molecule has 2 saturated heterocycles. The number of ether oxygens (including phenoxy) is 2. The van der Waals surface area contributed by atoms with Crippen molar-refractivity contribution in [2.75, 3.05) is 70.2 Å². The first-order valence-corrected chi connectivity index (χ1v) is 14.0. The fraction of sp³-hybridized carbons (Fsp3) is 0.414. The van der Waals surface area contributed by atoms with Crippen molar-refractivity contribution in [2.24, 2.45) is 0 Å². The average Bonchev–Trinajstić information content (AvgIpc) is 3.69. The molecule has 1 aromatic carbocycles. The molecule has 0 spiro atoms. The summed E-state index contributed by atoms with van der Waals surface area (Å²) >= 11 is 0. The molecule has 0 unspecified atom stereocenters. The van der Waals surface area contributed by atoms with Crippen molar-refractivity contribution in [3.8, 4) is 23.0 Å². The van der Waals surface area contributed by atoms with Gasteiger partial charge in [-0.25, -0.2) is 4.98 Å². The summed E-state index contributed by atoms with van der Waals surface area (Å²) in [5, 5.41) is 3.39. The molecule has 214 valence electrons. The van der Waals surface area contributed by atoms with Gasteiger partial charge in [0.05, 0.1) is 39.6 Å². The fourth-order valence-corrected chi connectivity index (χ4v) is 5.44. The number of aromatic nitrogens is 5. The first-order chi connectivity index (χ1) is 20.1. The molecule has 2 fully saturated rings. The second kappa shape index (κ2) is 12.0. The van der Waals surface area contributed by atoms with Gasteiger partial charge in [-0.05, 0) is 25.0 Å². The van der Waals surface area contributed by atoms with Gasteiger partial charge in [-0.15, -0.1) is 0 Å². The highest BCUT2D eigenvalue weighted by Gasteiger charge is 2.23. The van der Waals surface area contributed by atoms with Gasteiger partial charge in [0.1, 0.15) is 17.3 Å². The monoisotopic (exact) mass is 557 g/mol. The van der Waals surface area contributed by atoms with Gasteiger partial charge < -0.3 is 24.6 Å². The van der Waals surface area contributed by atoms with Gasteiger partial charge in [0.2, 0.25) is 17.7 Å².